The Morgan fingerprint density at radius 3 is 2.65 bits per heavy atom. The number of benzene rings is 2. The summed E-state index contributed by atoms with van der Waals surface area (Å²) in [5, 5.41) is 3.12. The molecule has 2 aromatic rings. The van der Waals surface area contributed by atoms with Gasteiger partial charge in [0.25, 0.3) is 0 Å². The molecule has 0 saturated heterocycles. The first-order valence-electron chi connectivity index (χ1n) is 6.22. The van der Waals surface area contributed by atoms with Gasteiger partial charge in [0.05, 0.1) is 4.47 Å². The second-order valence-corrected chi connectivity index (χ2v) is 5.06. The molecule has 1 N–H and O–H groups in total. The number of hydrogen-bond donors (Lipinski definition) is 1. The smallest absolute Gasteiger partial charge is 0.137 e. The quantitative estimate of drug-likeness (QED) is 0.856. The van der Waals surface area contributed by atoms with Crippen LogP contribution in [0.15, 0.2) is 40.9 Å². The minimum atomic E-state index is -0.357. The lowest BCUT2D eigenvalue weighted by molar-refractivity contribution is 0.468. The van der Waals surface area contributed by atoms with Crippen molar-refractivity contribution in [2.24, 2.45) is 0 Å². The van der Waals surface area contributed by atoms with Crippen LogP contribution in [0.25, 0.3) is 0 Å². The topological polar surface area (TPSA) is 21.3 Å². The van der Waals surface area contributed by atoms with Gasteiger partial charge in [0.1, 0.15) is 23.1 Å². The van der Waals surface area contributed by atoms with Crippen molar-refractivity contribution in [2.75, 3.05) is 6.54 Å². The maximum Gasteiger partial charge on any atom is 0.137 e. The van der Waals surface area contributed by atoms with Crippen LogP contribution in [-0.4, -0.2) is 6.54 Å². The van der Waals surface area contributed by atoms with Gasteiger partial charge in [0, 0.05) is 12.1 Å². The molecule has 2 rings (SSSR count). The van der Waals surface area contributed by atoms with Crippen molar-refractivity contribution >= 4 is 15.9 Å². The summed E-state index contributed by atoms with van der Waals surface area (Å²) in [6.45, 7) is 3.25. The van der Waals surface area contributed by atoms with Crippen LogP contribution in [0.1, 0.15) is 12.5 Å². The number of halogens is 3. The Morgan fingerprint density at radius 2 is 1.95 bits per heavy atom. The molecular formula is C15H14BrF2NO. The summed E-state index contributed by atoms with van der Waals surface area (Å²) < 4.78 is 32.5. The molecule has 0 amide bonds. The van der Waals surface area contributed by atoms with Gasteiger partial charge < -0.3 is 10.1 Å². The molecule has 0 aliphatic carbocycles. The average Bonchev–Trinajstić information content (AvgIpc) is 2.43. The fraction of sp³-hybridized carbons (Fsp3) is 0.200. The van der Waals surface area contributed by atoms with Crippen molar-refractivity contribution in [1.82, 2.24) is 5.32 Å². The second kappa shape index (κ2) is 6.81. The summed E-state index contributed by atoms with van der Waals surface area (Å²) in [5.74, 6) is 0.364. The predicted molar refractivity (Wildman–Crippen MR) is 78.0 cm³/mol. The highest BCUT2D eigenvalue weighted by molar-refractivity contribution is 9.10. The van der Waals surface area contributed by atoms with Crippen LogP contribution in [-0.2, 0) is 6.54 Å². The third-order valence-electron chi connectivity index (χ3n) is 2.71. The van der Waals surface area contributed by atoms with E-state index in [4.69, 9.17) is 4.74 Å². The van der Waals surface area contributed by atoms with Gasteiger partial charge in [-0.15, -0.1) is 0 Å². The Balaban J connectivity index is 2.25. The Hall–Kier alpha value is -1.46. The third-order valence-corrected chi connectivity index (χ3v) is 3.31. The van der Waals surface area contributed by atoms with Crippen LogP contribution in [0.3, 0.4) is 0 Å². The monoisotopic (exact) mass is 341 g/mol. The Kier molecular flexibility index (Phi) is 5.09. The molecule has 0 spiro atoms. The summed E-state index contributed by atoms with van der Waals surface area (Å²) >= 11 is 3.10. The predicted octanol–water partition coefficient (Wildman–Crippen LogP) is 4.63. The number of nitrogens with one attached hydrogen (secondary N) is 1. The molecule has 0 bridgehead atoms. The molecule has 2 aromatic carbocycles. The highest BCUT2D eigenvalue weighted by Crippen LogP contribution is 2.29. The van der Waals surface area contributed by atoms with Crippen LogP contribution < -0.4 is 10.1 Å². The van der Waals surface area contributed by atoms with Gasteiger partial charge in [-0.05, 0) is 58.9 Å². The van der Waals surface area contributed by atoms with Crippen molar-refractivity contribution in [3.8, 4) is 11.5 Å². The fourth-order valence-corrected chi connectivity index (χ4v) is 2.07. The van der Waals surface area contributed by atoms with E-state index < -0.39 is 0 Å². The van der Waals surface area contributed by atoms with Crippen LogP contribution in [0.2, 0.25) is 0 Å². The molecule has 0 fully saturated rings. The van der Waals surface area contributed by atoms with E-state index in [-0.39, 0.29) is 11.6 Å². The molecular weight excluding hydrogens is 328 g/mol. The van der Waals surface area contributed by atoms with Crippen LogP contribution >= 0.6 is 15.9 Å². The molecule has 0 unspecified atom stereocenters. The number of hydrogen-bond acceptors (Lipinski definition) is 2. The fourth-order valence-electron chi connectivity index (χ4n) is 1.71. The van der Waals surface area contributed by atoms with Gasteiger partial charge in [-0.25, -0.2) is 8.78 Å². The van der Waals surface area contributed by atoms with E-state index in [1.54, 1.807) is 6.07 Å². The zero-order valence-corrected chi connectivity index (χ0v) is 12.5. The molecule has 0 aliphatic heterocycles. The maximum atomic E-state index is 13.3. The van der Waals surface area contributed by atoms with Crippen molar-refractivity contribution in [1.29, 1.82) is 0 Å². The molecule has 0 radical (unpaired) electrons. The molecule has 5 heteroatoms. The zero-order valence-electron chi connectivity index (χ0n) is 10.9. The standard InChI is InChI=1S/C15H14BrF2NO/c1-2-19-9-10-7-11(17)3-6-15(10)20-12-4-5-14(18)13(16)8-12/h3-8,19H,2,9H2,1H3. The number of rotatable bonds is 5. The van der Waals surface area contributed by atoms with E-state index in [0.29, 0.717) is 28.1 Å². The van der Waals surface area contributed by atoms with Gasteiger partial charge in [0.15, 0.2) is 0 Å². The summed E-state index contributed by atoms with van der Waals surface area (Å²) in [5.41, 5.74) is 0.715. The normalized spacial score (nSPS) is 10.6. The van der Waals surface area contributed by atoms with Gasteiger partial charge in [-0.3, -0.25) is 0 Å². The molecule has 106 valence electrons. The van der Waals surface area contributed by atoms with Gasteiger partial charge >= 0.3 is 0 Å². The van der Waals surface area contributed by atoms with Crippen molar-refractivity contribution in [3.63, 3.8) is 0 Å². The highest BCUT2D eigenvalue weighted by atomic mass is 79.9. The minimum absolute atomic E-state index is 0.314. The first-order valence-corrected chi connectivity index (χ1v) is 7.01. The lowest BCUT2D eigenvalue weighted by atomic mass is 10.2. The van der Waals surface area contributed by atoms with Gasteiger partial charge in [-0.1, -0.05) is 6.92 Å². The molecule has 20 heavy (non-hydrogen) atoms. The Morgan fingerprint density at radius 1 is 1.15 bits per heavy atom. The van der Waals surface area contributed by atoms with Crippen LogP contribution in [0.5, 0.6) is 11.5 Å². The van der Waals surface area contributed by atoms with Crippen molar-refractivity contribution in [3.05, 3.63) is 58.1 Å². The average molecular weight is 342 g/mol. The molecule has 0 heterocycles. The SMILES string of the molecule is CCNCc1cc(F)ccc1Oc1ccc(F)c(Br)c1. The lowest BCUT2D eigenvalue weighted by Crippen LogP contribution is -2.12. The summed E-state index contributed by atoms with van der Waals surface area (Å²) in [6, 6.07) is 8.71. The number of ether oxygens (including phenoxy) is 1. The third kappa shape index (κ3) is 3.77. The van der Waals surface area contributed by atoms with Crippen molar-refractivity contribution in [2.45, 2.75) is 13.5 Å². The van der Waals surface area contributed by atoms with E-state index in [2.05, 4.69) is 21.2 Å². The molecule has 0 saturated carbocycles. The molecule has 0 aromatic heterocycles. The van der Waals surface area contributed by atoms with Crippen LogP contribution in [0, 0.1) is 11.6 Å². The van der Waals surface area contributed by atoms with Gasteiger partial charge in [-0.2, -0.15) is 0 Å². The maximum absolute atomic E-state index is 13.3. The highest BCUT2D eigenvalue weighted by Gasteiger charge is 2.08. The van der Waals surface area contributed by atoms with E-state index in [0.717, 1.165) is 6.54 Å². The summed E-state index contributed by atoms with van der Waals surface area (Å²) in [7, 11) is 0. The van der Waals surface area contributed by atoms with Crippen LogP contribution in [0.4, 0.5) is 8.78 Å². The minimum Gasteiger partial charge on any atom is -0.457 e. The van der Waals surface area contributed by atoms with E-state index in [1.165, 1.54) is 30.3 Å². The first kappa shape index (κ1) is 14.9. The molecule has 0 atom stereocenters. The Labute approximate surface area is 124 Å². The molecule has 2 nitrogen and oxygen atoms in total. The zero-order chi connectivity index (χ0) is 14.5. The second-order valence-electron chi connectivity index (χ2n) is 4.21. The summed E-state index contributed by atoms with van der Waals surface area (Å²) in [6.07, 6.45) is 0. The lowest BCUT2D eigenvalue weighted by Gasteiger charge is -2.12. The van der Waals surface area contributed by atoms with E-state index in [9.17, 15) is 8.78 Å². The van der Waals surface area contributed by atoms with Gasteiger partial charge in [0.2, 0.25) is 0 Å². The summed E-state index contributed by atoms with van der Waals surface area (Å²) in [4.78, 5) is 0. The Bertz CT molecular complexity index is 604. The van der Waals surface area contributed by atoms with E-state index >= 15 is 0 Å². The van der Waals surface area contributed by atoms with E-state index in [1.807, 2.05) is 6.92 Å². The van der Waals surface area contributed by atoms with Crippen molar-refractivity contribution < 1.29 is 13.5 Å². The molecule has 0 aliphatic rings. The first-order chi connectivity index (χ1) is 9.60. The largest absolute Gasteiger partial charge is 0.457 e.